The van der Waals surface area contributed by atoms with Gasteiger partial charge in [0.1, 0.15) is 0 Å². The van der Waals surface area contributed by atoms with E-state index in [2.05, 4.69) is 38.2 Å². The molecule has 1 unspecified atom stereocenters. The van der Waals surface area contributed by atoms with Crippen LogP contribution in [0.15, 0.2) is 30.6 Å². The van der Waals surface area contributed by atoms with Crippen LogP contribution in [0.3, 0.4) is 0 Å². The Morgan fingerprint density at radius 2 is 2.23 bits per heavy atom. The maximum Gasteiger partial charge on any atom is 0.151 e. The largest absolute Gasteiger partial charge is 0.354 e. The van der Waals surface area contributed by atoms with Crippen molar-refractivity contribution in [3.63, 3.8) is 0 Å². The second kappa shape index (κ2) is 6.87. The van der Waals surface area contributed by atoms with Crippen molar-refractivity contribution in [1.29, 1.82) is 0 Å². The highest BCUT2D eigenvalue weighted by Gasteiger charge is 2.24. The standard InChI is InChI=1S/C16H24N6/c1-14-6-7-16(19-18-14)21-9-3-5-15(13-21)20(2)11-12-22-10-4-8-17-22/h4,6-8,10,15H,3,5,9,11-13H2,1-2H3. The summed E-state index contributed by atoms with van der Waals surface area (Å²) in [5.74, 6) is 0.996. The molecule has 3 rings (SSSR count). The van der Waals surface area contributed by atoms with Gasteiger partial charge in [0.05, 0.1) is 12.2 Å². The molecule has 0 aromatic carbocycles. The summed E-state index contributed by atoms with van der Waals surface area (Å²) in [5.41, 5.74) is 0.966. The molecule has 1 aliphatic rings. The van der Waals surface area contributed by atoms with Crippen LogP contribution in [0.4, 0.5) is 5.82 Å². The Labute approximate surface area is 131 Å². The van der Waals surface area contributed by atoms with Gasteiger partial charge in [-0.3, -0.25) is 9.58 Å². The van der Waals surface area contributed by atoms with Crippen LogP contribution in [0.1, 0.15) is 18.5 Å². The van der Waals surface area contributed by atoms with Gasteiger partial charge in [0.15, 0.2) is 5.82 Å². The summed E-state index contributed by atoms with van der Waals surface area (Å²) >= 11 is 0. The van der Waals surface area contributed by atoms with E-state index in [0.717, 1.165) is 37.7 Å². The van der Waals surface area contributed by atoms with E-state index >= 15 is 0 Å². The molecule has 0 N–H and O–H groups in total. The van der Waals surface area contributed by atoms with E-state index in [4.69, 9.17) is 0 Å². The third kappa shape index (κ3) is 3.62. The first-order valence-corrected chi connectivity index (χ1v) is 7.95. The minimum atomic E-state index is 0.562. The van der Waals surface area contributed by atoms with Gasteiger partial charge in [-0.15, -0.1) is 5.10 Å². The van der Waals surface area contributed by atoms with Crippen LogP contribution >= 0.6 is 0 Å². The zero-order valence-electron chi connectivity index (χ0n) is 13.4. The maximum atomic E-state index is 4.33. The topological polar surface area (TPSA) is 50.1 Å². The highest BCUT2D eigenvalue weighted by molar-refractivity contribution is 5.38. The number of hydrogen-bond acceptors (Lipinski definition) is 5. The van der Waals surface area contributed by atoms with Crippen LogP contribution in [0.25, 0.3) is 0 Å². The van der Waals surface area contributed by atoms with Crippen LogP contribution in [-0.4, -0.2) is 57.6 Å². The average Bonchev–Trinajstić information content (AvgIpc) is 3.07. The fourth-order valence-corrected chi connectivity index (χ4v) is 2.96. The molecule has 2 aromatic heterocycles. The van der Waals surface area contributed by atoms with E-state index in [1.54, 1.807) is 0 Å². The van der Waals surface area contributed by atoms with Crippen LogP contribution in [0.5, 0.6) is 0 Å². The van der Waals surface area contributed by atoms with Crippen LogP contribution in [-0.2, 0) is 6.54 Å². The quantitative estimate of drug-likeness (QED) is 0.839. The molecule has 6 nitrogen and oxygen atoms in total. The second-order valence-electron chi connectivity index (χ2n) is 6.02. The zero-order valence-corrected chi connectivity index (χ0v) is 13.4. The number of nitrogens with zero attached hydrogens (tertiary/aromatic N) is 6. The van der Waals surface area contributed by atoms with E-state index in [1.165, 1.54) is 12.8 Å². The molecule has 1 atom stereocenters. The minimum absolute atomic E-state index is 0.562. The summed E-state index contributed by atoms with van der Waals surface area (Å²) in [6, 6.07) is 6.65. The first kappa shape index (κ1) is 15.0. The smallest absolute Gasteiger partial charge is 0.151 e. The van der Waals surface area contributed by atoms with Crippen molar-refractivity contribution in [2.45, 2.75) is 32.4 Å². The first-order valence-electron chi connectivity index (χ1n) is 7.95. The van der Waals surface area contributed by atoms with Crippen LogP contribution in [0.2, 0.25) is 0 Å². The molecule has 0 spiro atoms. The molecule has 1 aliphatic heterocycles. The highest BCUT2D eigenvalue weighted by Crippen LogP contribution is 2.19. The van der Waals surface area contributed by atoms with E-state index in [-0.39, 0.29) is 0 Å². The molecule has 1 fully saturated rings. The van der Waals surface area contributed by atoms with Gasteiger partial charge >= 0.3 is 0 Å². The third-order valence-electron chi connectivity index (χ3n) is 4.37. The van der Waals surface area contributed by atoms with E-state index in [0.29, 0.717) is 6.04 Å². The number of aryl methyl sites for hydroxylation is 1. The lowest BCUT2D eigenvalue weighted by molar-refractivity contribution is 0.205. The summed E-state index contributed by atoms with van der Waals surface area (Å²) in [7, 11) is 2.21. The molecule has 0 saturated carbocycles. The Morgan fingerprint density at radius 3 is 2.95 bits per heavy atom. The molecule has 6 heteroatoms. The van der Waals surface area contributed by atoms with Gasteiger partial charge in [0, 0.05) is 38.1 Å². The van der Waals surface area contributed by atoms with E-state index in [9.17, 15) is 0 Å². The molecule has 2 aromatic rings. The van der Waals surface area contributed by atoms with Crippen LogP contribution in [0, 0.1) is 6.92 Å². The molecule has 22 heavy (non-hydrogen) atoms. The van der Waals surface area contributed by atoms with Gasteiger partial charge in [0.25, 0.3) is 0 Å². The molecule has 118 valence electrons. The lowest BCUT2D eigenvalue weighted by Gasteiger charge is -2.38. The van der Waals surface area contributed by atoms with Crippen molar-refractivity contribution in [3.8, 4) is 0 Å². The lowest BCUT2D eigenvalue weighted by Crippen LogP contribution is -2.47. The van der Waals surface area contributed by atoms with Gasteiger partial charge in [0.2, 0.25) is 0 Å². The maximum absolute atomic E-state index is 4.33. The number of likely N-dealkylation sites (N-methyl/N-ethyl adjacent to an activating group) is 1. The predicted octanol–water partition coefficient (Wildman–Crippen LogP) is 1.58. The van der Waals surface area contributed by atoms with Crippen molar-refractivity contribution in [2.75, 3.05) is 31.6 Å². The molecular formula is C16H24N6. The second-order valence-corrected chi connectivity index (χ2v) is 6.02. The van der Waals surface area contributed by atoms with Gasteiger partial charge in [-0.2, -0.15) is 10.2 Å². The van der Waals surface area contributed by atoms with Crippen LogP contribution < -0.4 is 4.90 Å². The molecule has 0 amide bonds. The lowest BCUT2D eigenvalue weighted by atomic mass is 10.0. The molecule has 0 bridgehead atoms. The summed E-state index contributed by atoms with van der Waals surface area (Å²) in [4.78, 5) is 4.79. The molecule has 0 aliphatic carbocycles. The van der Waals surface area contributed by atoms with Crippen molar-refractivity contribution >= 4 is 5.82 Å². The number of piperidine rings is 1. The third-order valence-corrected chi connectivity index (χ3v) is 4.37. The predicted molar refractivity (Wildman–Crippen MR) is 86.9 cm³/mol. The summed E-state index contributed by atoms with van der Waals surface area (Å²) in [6.45, 7) is 6.01. The molecular weight excluding hydrogens is 276 g/mol. The van der Waals surface area contributed by atoms with Gasteiger partial charge in [-0.05, 0) is 45.0 Å². The fourth-order valence-electron chi connectivity index (χ4n) is 2.96. The Balaban J connectivity index is 1.56. The zero-order chi connectivity index (χ0) is 15.4. The van der Waals surface area contributed by atoms with Crippen molar-refractivity contribution < 1.29 is 0 Å². The average molecular weight is 300 g/mol. The van der Waals surface area contributed by atoms with Gasteiger partial charge < -0.3 is 4.90 Å². The summed E-state index contributed by atoms with van der Waals surface area (Å²) in [5, 5.41) is 12.8. The monoisotopic (exact) mass is 300 g/mol. The van der Waals surface area contributed by atoms with Crippen molar-refractivity contribution in [2.24, 2.45) is 0 Å². The van der Waals surface area contributed by atoms with Gasteiger partial charge in [-0.25, -0.2) is 0 Å². The van der Waals surface area contributed by atoms with Gasteiger partial charge in [-0.1, -0.05) is 0 Å². The number of rotatable bonds is 5. The number of aromatic nitrogens is 4. The first-order chi connectivity index (χ1) is 10.7. The molecule has 0 radical (unpaired) electrons. The number of hydrogen-bond donors (Lipinski definition) is 0. The molecule has 3 heterocycles. The Hall–Kier alpha value is -1.95. The van der Waals surface area contributed by atoms with E-state index in [1.807, 2.05) is 36.1 Å². The molecule has 1 saturated heterocycles. The summed E-state index contributed by atoms with van der Waals surface area (Å²) < 4.78 is 1.99. The Morgan fingerprint density at radius 1 is 1.32 bits per heavy atom. The normalized spacial score (nSPS) is 18.9. The minimum Gasteiger partial charge on any atom is -0.354 e. The van der Waals surface area contributed by atoms with Crippen molar-refractivity contribution in [1.82, 2.24) is 24.9 Å². The SMILES string of the molecule is Cc1ccc(N2CCCC(N(C)CCn3cccn3)C2)nn1. The summed E-state index contributed by atoms with van der Waals surface area (Å²) in [6.07, 6.45) is 6.29. The highest BCUT2D eigenvalue weighted by atomic mass is 15.3. The Bertz CT molecular complexity index is 565. The Kier molecular flexibility index (Phi) is 4.68. The number of anilines is 1. The van der Waals surface area contributed by atoms with E-state index < -0.39 is 0 Å². The fraction of sp³-hybridized carbons (Fsp3) is 0.562. The van der Waals surface area contributed by atoms with Crippen molar-refractivity contribution in [3.05, 3.63) is 36.3 Å².